The predicted octanol–water partition coefficient (Wildman–Crippen LogP) is 2.02. The number of hydrogen-bond donors (Lipinski definition) is 1. The van der Waals surface area contributed by atoms with Crippen molar-refractivity contribution < 1.29 is 9.90 Å². The molecule has 3 nitrogen and oxygen atoms in total. The molecular formula is C15H21NO2. The van der Waals surface area contributed by atoms with Gasteiger partial charge in [0.2, 0.25) is 0 Å². The Hall–Kier alpha value is -1.19. The van der Waals surface area contributed by atoms with E-state index in [1.165, 1.54) is 0 Å². The molecular weight excluding hydrogens is 226 g/mol. The Morgan fingerprint density at radius 1 is 1.33 bits per heavy atom. The summed E-state index contributed by atoms with van der Waals surface area (Å²) < 4.78 is 0. The summed E-state index contributed by atoms with van der Waals surface area (Å²) in [5, 5.41) is 9.66. The van der Waals surface area contributed by atoms with Crippen molar-refractivity contribution in [3.05, 3.63) is 35.9 Å². The van der Waals surface area contributed by atoms with Crippen molar-refractivity contribution in [1.82, 2.24) is 4.90 Å². The summed E-state index contributed by atoms with van der Waals surface area (Å²) in [5.74, 6) is 0.239. The maximum Gasteiger partial charge on any atom is 0.157 e. The molecule has 1 aromatic rings. The quantitative estimate of drug-likeness (QED) is 0.885. The highest BCUT2D eigenvalue weighted by Crippen LogP contribution is 2.28. The Bertz CT molecular complexity index is 402. The Morgan fingerprint density at radius 2 is 2.00 bits per heavy atom. The molecule has 2 unspecified atom stereocenters. The zero-order valence-electron chi connectivity index (χ0n) is 11.0. The third kappa shape index (κ3) is 2.79. The molecule has 2 rings (SSSR count). The normalized spacial score (nSPS) is 22.3. The maximum atomic E-state index is 12.4. The Kier molecular flexibility index (Phi) is 4.15. The smallest absolute Gasteiger partial charge is 0.157 e. The fourth-order valence-electron chi connectivity index (χ4n) is 2.51. The van der Waals surface area contributed by atoms with Crippen molar-refractivity contribution in [2.24, 2.45) is 5.92 Å². The minimum absolute atomic E-state index is 0.00736. The summed E-state index contributed by atoms with van der Waals surface area (Å²) >= 11 is 0. The molecule has 1 heterocycles. The van der Waals surface area contributed by atoms with Gasteiger partial charge in [-0.05, 0) is 12.0 Å². The van der Waals surface area contributed by atoms with E-state index in [9.17, 15) is 9.90 Å². The van der Waals surface area contributed by atoms with Gasteiger partial charge < -0.3 is 5.11 Å². The van der Waals surface area contributed by atoms with Gasteiger partial charge >= 0.3 is 0 Å². The molecule has 1 aliphatic rings. The lowest BCUT2D eigenvalue weighted by atomic mass is 9.94. The van der Waals surface area contributed by atoms with Crippen LogP contribution in [-0.2, 0) is 4.79 Å². The average Bonchev–Trinajstić information content (AvgIpc) is 2.77. The van der Waals surface area contributed by atoms with Crippen LogP contribution in [0.2, 0.25) is 0 Å². The van der Waals surface area contributed by atoms with Gasteiger partial charge in [0.1, 0.15) is 0 Å². The molecule has 3 heteroatoms. The standard InChI is InChI=1S/C15H21NO2/c1-11(2)15(18)14(12-6-4-3-5-7-12)16-9-8-13(17)10-16/h3-7,11,13-14,17H,8-10H2,1-2H3. The molecule has 1 aromatic carbocycles. The van der Waals surface area contributed by atoms with Gasteiger partial charge in [-0.15, -0.1) is 0 Å². The SMILES string of the molecule is CC(C)C(=O)C(c1ccccc1)N1CCC(O)C1. The van der Waals surface area contributed by atoms with Crippen LogP contribution in [-0.4, -0.2) is 35.0 Å². The predicted molar refractivity (Wildman–Crippen MR) is 71.2 cm³/mol. The first-order valence-corrected chi connectivity index (χ1v) is 6.60. The second-order valence-electron chi connectivity index (χ2n) is 5.31. The Balaban J connectivity index is 2.26. The van der Waals surface area contributed by atoms with Crippen molar-refractivity contribution in [1.29, 1.82) is 0 Å². The number of Topliss-reactive ketones (excluding diaryl/α,β-unsaturated/α-hetero) is 1. The van der Waals surface area contributed by atoms with E-state index in [0.29, 0.717) is 6.54 Å². The molecule has 0 spiro atoms. The lowest BCUT2D eigenvalue weighted by molar-refractivity contribution is -0.127. The van der Waals surface area contributed by atoms with Crippen LogP contribution in [0.15, 0.2) is 30.3 Å². The number of rotatable bonds is 4. The van der Waals surface area contributed by atoms with E-state index >= 15 is 0 Å². The van der Waals surface area contributed by atoms with Gasteiger partial charge in [0, 0.05) is 19.0 Å². The summed E-state index contributed by atoms with van der Waals surface area (Å²) in [7, 11) is 0. The third-order valence-electron chi connectivity index (χ3n) is 3.51. The number of aliphatic hydroxyl groups is 1. The van der Waals surface area contributed by atoms with Crippen molar-refractivity contribution in [2.45, 2.75) is 32.4 Å². The van der Waals surface area contributed by atoms with E-state index in [1.54, 1.807) is 0 Å². The number of likely N-dealkylation sites (tertiary alicyclic amines) is 1. The topological polar surface area (TPSA) is 40.5 Å². The van der Waals surface area contributed by atoms with Crippen molar-refractivity contribution in [3.8, 4) is 0 Å². The summed E-state index contributed by atoms with van der Waals surface area (Å²) in [6.07, 6.45) is 0.463. The molecule has 1 aliphatic heterocycles. The van der Waals surface area contributed by atoms with E-state index in [-0.39, 0.29) is 23.8 Å². The fraction of sp³-hybridized carbons (Fsp3) is 0.533. The lowest BCUT2D eigenvalue weighted by Crippen LogP contribution is -2.35. The zero-order valence-corrected chi connectivity index (χ0v) is 11.0. The number of benzene rings is 1. The third-order valence-corrected chi connectivity index (χ3v) is 3.51. The van der Waals surface area contributed by atoms with Gasteiger partial charge in [-0.2, -0.15) is 0 Å². The van der Waals surface area contributed by atoms with Crippen molar-refractivity contribution in [3.63, 3.8) is 0 Å². The van der Waals surface area contributed by atoms with Gasteiger partial charge in [-0.3, -0.25) is 9.69 Å². The van der Waals surface area contributed by atoms with Crippen molar-refractivity contribution >= 4 is 5.78 Å². The highest BCUT2D eigenvalue weighted by Gasteiger charge is 2.33. The summed E-state index contributed by atoms with van der Waals surface area (Å²) in [4.78, 5) is 14.5. The van der Waals surface area contributed by atoms with Crippen LogP contribution >= 0.6 is 0 Å². The Labute approximate surface area is 108 Å². The molecule has 0 radical (unpaired) electrons. The molecule has 2 atom stereocenters. The number of ketones is 1. The van der Waals surface area contributed by atoms with Gasteiger partial charge in [0.15, 0.2) is 5.78 Å². The lowest BCUT2D eigenvalue weighted by Gasteiger charge is -2.28. The zero-order chi connectivity index (χ0) is 13.1. The van der Waals surface area contributed by atoms with Crippen LogP contribution in [0.5, 0.6) is 0 Å². The molecule has 1 N–H and O–H groups in total. The molecule has 0 aliphatic carbocycles. The highest BCUT2D eigenvalue weighted by molar-refractivity contribution is 5.87. The summed E-state index contributed by atoms with van der Waals surface area (Å²) in [6.45, 7) is 5.26. The second kappa shape index (κ2) is 5.63. The van der Waals surface area contributed by atoms with Crippen LogP contribution < -0.4 is 0 Å². The molecule has 0 saturated carbocycles. The van der Waals surface area contributed by atoms with Crippen LogP contribution in [0, 0.1) is 5.92 Å². The number of hydrogen-bond acceptors (Lipinski definition) is 3. The van der Waals surface area contributed by atoms with Crippen LogP contribution in [0.1, 0.15) is 31.9 Å². The maximum absolute atomic E-state index is 12.4. The van der Waals surface area contributed by atoms with Gasteiger partial charge in [0.25, 0.3) is 0 Å². The number of nitrogens with zero attached hydrogens (tertiary/aromatic N) is 1. The van der Waals surface area contributed by atoms with Crippen LogP contribution in [0.3, 0.4) is 0 Å². The van der Waals surface area contributed by atoms with E-state index in [4.69, 9.17) is 0 Å². The first-order chi connectivity index (χ1) is 8.59. The van der Waals surface area contributed by atoms with E-state index < -0.39 is 0 Å². The Morgan fingerprint density at radius 3 is 2.50 bits per heavy atom. The van der Waals surface area contributed by atoms with Crippen molar-refractivity contribution in [2.75, 3.05) is 13.1 Å². The number of carbonyl (C=O) groups is 1. The van der Waals surface area contributed by atoms with Gasteiger partial charge in [0.05, 0.1) is 12.1 Å². The monoisotopic (exact) mass is 247 g/mol. The summed E-state index contributed by atoms with van der Waals surface area (Å²) in [6, 6.07) is 9.67. The van der Waals surface area contributed by atoms with E-state index in [1.807, 2.05) is 44.2 Å². The van der Waals surface area contributed by atoms with Crippen LogP contribution in [0.4, 0.5) is 0 Å². The summed E-state index contributed by atoms with van der Waals surface area (Å²) in [5.41, 5.74) is 1.03. The second-order valence-corrected chi connectivity index (χ2v) is 5.31. The van der Waals surface area contributed by atoms with Gasteiger partial charge in [-0.1, -0.05) is 44.2 Å². The first-order valence-electron chi connectivity index (χ1n) is 6.60. The average molecular weight is 247 g/mol. The molecule has 98 valence electrons. The molecule has 0 aromatic heterocycles. The first kappa shape index (κ1) is 13.2. The number of β-amino-alcohol motifs (C(OH)–C–C–N with tert-alkyl or cyclic N) is 1. The molecule has 0 amide bonds. The minimum Gasteiger partial charge on any atom is -0.392 e. The van der Waals surface area contributed by atoms with E-state index in [2.05, 4.69) is 4.90 Å². The molecule has 1 saturated heterocycles. The largest absolute Gasteiger partial charge is 0.392 e. The molecule has 1 fully saturated rings. The fourth-order valence-corrected chi connectivity index (χ4v) is 2.51. The van der Waals surface area contributed by atoms with Gasteiger partial charge in [-0.25, -0.2) is 0 Å². The van der Waals surface area contributed by atoms with Crippen LogP contribution in [0.25, 0.3) is 0 Å². The number of carbonyl (C=O) groups excluding carboxylic acids is 1. The minimum atomic E-state index is -0.295. The molecule has 0 bridgehead atoms. The highest BCUT2D eigenvalue weighted by atomic mass is 16.3. The van der Waals surface area contributed by atoms with E-state index in [0.717, 1.165) is 18.5 Å². The molecule has 18 heavy (non-hydrogen) atoms. The number of aliphatic hydroxyl groups excluding tert-OH is 1.